The summed E-state index contributed by atoms with van der Waals surface area (Å²) in [5.74, 6) is 0.368. The Labute approximate surface area is 302 Å². The van der Waals surface area contributed by atoms with E-state index in [2.05, 4.69) is 127 Å². The van der Waals surface area contributed by atoms with Gasteiger partial charge in [-0.25, -0.2) is 9.98 Å². The molecule has 4 aliphatic heterocycles. The Bertz CT molecular complexity index is 1090. The molecule has 0 bridgehead atoms. The summed E-state index contributed by atoms with van der Waals surface area (Å²) in [5, 5.41) is 23.1. The van der Waals surface area contributed by atoms with Crippen LogP contribution in [-0.2, 0) is 0 Å². The summed E-state index contributed by atoms with van der Waals surface area (Å²) in [6, 6.07) is 1.33. The molecule has 9 nitrogen and oxygen atoms in total. The van der Waals surface area contributed by atoms with E-state index in [1.807, 2.05) is 6.34 Å². The lowest BCUT2D eigenvalue weighted by Gasteiger charge is -2.51. The minimum Gasteiger partial charge on any atom is -0.339 e. The molecule has 3 saturated heterocycles. The Kier molecular flexibility index (Phi) is 12.7. The monoisotopic (exact) mass is 686 g/mol. The Morgan fingerprint density at radius 2 is 1.14 bits per heavy atom. The van der Waals surface area contributed by atoms with Crippen molar-refractivity contribution in [3.05, 3.63) is 0 Å². The Morgan fingerprint density at radius 1 is 0.653 bits per heavy atom. The van der Waals surface area contributed by atoms with Gasteiger partial charge in [0, 0.05) is 64.3 Å². The molecule has 0 amide bonds. The Balaban J connectivity index is 1.46. The lowest BCUT2D eigenvalue weighted by Crippen LogP contribution is -2.66. The number of nitrogens with zero attached hydrogens (tertiary/aromatic N) is 3. The highest BCUT2D eigenvalue weighted by Gasteiger charge is 2.44. The largest absolute Gasteiger partial charge is 0.339 e. The normalized spacial score (nSPS) is 29.3. The topological polar surface area (TPSA) is 100 Å². The molecule has 4 aliphatic rings. The molecular weight excluding hydrogens is 607 g/mol. The maximum atomic E-state index is 5.58. The summed E-state index contributed by atoms with van der Waals surface area (Å²) < 4.78 is 0. The number of nitrogens with one attached hydrogen (secondary N) is 6. The van der Waals surface area contributed by atoms with Crippen LogP contribution < -0.4 is 31.9 Å². The molecule has 6 N–H and O–H groups in total. The lowest BCUT2D eigenvalue weighted by molar-refractivity contribution is 0.0981. The summed E-state index contributed by atoms with van der Waals surface area (Å²) in [4.78, 5) is 13.3. The van der Waals surface area contributed by atoms with E-state index in [1.54, 1.807) is 0 Å². The first kappa shape index (κ1) is 40.5. The first-order valence-electron chi connectivity index (χ1n) is 20.1. The fourth-order valence-electron chi connectivity index (χ4n) is 10.5. The number of unbranched alkanes of at least 4 members (excludes halogenated alkanes) is 4. The van der Waals surface area contributed by atoms with Crippen LogP contribution in [0.1, 0.15) is 173 Å². The summed E-state index contributed by atoms with van der Waals surface area (Å²) in [5.41, 5.74) is 0.603. The highest BCUT2D eigenvalue weighted by Crippen LogP contribution is 2.35. The second-order valence-electron chi connectivity index (χ2n) is 20.4. The van der Waals surface area contributed by atoms with Crippen molar-refractivity contribution in [1.82, 2.24) is 36.8 Å². The molecule has 0 saturated carbocycles. The van der Waals surface area contributed by atoms with Crippen molar-refractivity contribution in [2.75, 3.05) is 13.1 Å². The molecule has 4 rings (SSSR count). The number of guanidine groups is 1. The Hall–Kier alpha value is -1.26. The van der Waals surface area contributed by atoms with Gasteiger partial charge in [-0.1, -0.05) is 26.2 Å². The van der Waals surface area contributed by atoms with Crippen LogP contribution in [-0.4, -0.2) is 87.4 Å². The van der Waals surface area contributed by atoms with Gasteiger partial charge in [0.1, 0.15) is 0 Å². The zero-order valence-electron chi connectivity index (χ0n) is 34.3. The molecular formula is C40H79N9. The van der Waals surface area contributed by atoms with Gasteiger partial charge in [-0.3, -0.25) is 5.32 Å². The molecule has 3 fully saturated rings. The minimum atomic E-state index is -0.635. The van der Waals surface area contributed by atoms with E-state index in [-0.39, 0.29) is 33.2 Å². The molecule has 0 radical (unpaired) electrons. The standard InChI is InChI=1S/C40H79N9/c1-14-15-20-40(44-31-25-36(6,7)47-37(8,9)26-31)43-29-42-33(45-40)49(32-27-38(10,11)48-39(12,13)28-32)22-19-17-16-18-21-41-30-23-34(2,3)46-35(4,5)24-30/h29-32,41,44,46-48H,14-28H2,1-13H3,(H,42,43,45). The van der Waals surface area contributed by atoms with Gasteiger partial charge in [-0.15, -0.1) is 0 Å². The second-order valence-corrected chi connectivity index (χ2v) is 20.4. The molecule has 0 aromatic rings. The van der Waals surface area contributed by atoms with E-state index < -0.39 is 5.79 Å². The molecule has 4 heterocycles. The zero-order chi connectivity index (χ0) is 36.4. The predicted octanol–water partition coefficient (Wildman–Crippen LogP) is 6.79. The van der Waals surface area contributed by atoms with Crippen LogP contribution >= 0.6 is 0 Å². The van der Waals surface area contributed by atoms with Crippen molar-refractivity contribution in [3.8, 4) is 0 Å². The van der Waals surface area contributed by atoms with Crippen molar-refractivity contribution in [3.63, 3.8) is 0 Å². The van der Waals surface area contributed by atoms with E-state index in [9.17, 15) is 0 Å². The summed E-state index contributed by atoms with van der Waals surface area (Å²) in [6.07, 6.45) is 16.6. The van der Waals surface area contributed by atoms with Crippen LogP contribution in [0.5, 0.6) is 0 Å². The number of piperidine rings is 3. The molecule has 0 aliphatic carbocycles. The van der Waals surface area contributed by atoms with E-state index in [4.69, 9.17) is 9.98 Å². The van der Waals surface area contributed by atoms with Crippen LogP contribution in [0, 0.1) is 0 Å². The quantitative estimate of drug-likeness (QED) is 0.112. The molecule has 1 atom stereocenters. The van der Waals surface area contributed by atoms with Gasteiger partial charge >= 0.3 is 0 Å². The third-order valence-corrected chi connectivity index (χ3v) is 11.1. The molecule has 0 aromatic heterocycles. The van der Waals surface area contributed by atoms with Gasteiger partial charge < -0.3 is 31.5 Å². The zero-order valence-corrected chi connectivity index (χ0v) is 34.3. The summed E-state index contributed by atoms with van der Waals surface area (Å²) in [7, 11) is 0. The molecule has 0 spiro atoms. The third kappa shape index (κ3) is 12.4. The fourth-order valence-corrected chi connectivity index (χ4v) is 10.5. The Morgan fingerprint density at radius 3 is 1.67 bits per heavy atom. The van der Waals surface area contributed by atoms with Gasteiger partial charge in [-0.2, -0.15) is 0 Å². The molecule has 9 heteroatoms. The van der Waals surface area contributed by atoms with Crippen LogP contribution in [0.3, 0.4) is 0 Å². The predicted molar refractivity (Wildman–Crippen MR) is 211 cm³/mol. The molecule has 49 heavy (non-hydrogen) atoms. The highest BCUT2D eigenvalue weighted by atomic mass is 15.4. The van der Waals surface area contributed by atoms with Crippen LogP contribution in [0.2, 0.25) is 0 Å². The van der Waals surface area contributed by atoms with E-state index in [1.165, 1.54) is 38.5 Å². The lowest BCUT2D eigenvalue weighted by atomic mass is 9.79. The maximum Gasteiger partial charge on any atom is 0.210 e. The van der Waals surface area contributed by atoms with Gasteiger partial charge in [0.25, 0.3) is 0 Å². The third-order valence-electron chi connectivity index (χ3n) is 11.1. The fraction of sp³-hybridized carbons (Fsp3) is 0.950. The van der Waals surface area contributed by atoms with Crippen LogP contribution in [0.4, 0.5) is 0 Å². The smallest absolute Gasteiger partial charge is 0.210 e. The van der Waals surface area contributed by atoms with Crippen molar-refractivity contribution in [2.45, 2.75) is 231 Å². The summed E-state index contributed by atoms with van der Waals surface area (Å²) in [6.45, 7) is 32.5. The molecule has 0 aromatic carbocycles. The van der Waals surface area contributed by atoms with Gasteiger partial charge in [0.15, 0.2) is 0 Å². The van der Waals surface area contributed by atoms with E-state index in [0.29, 0.717) is 18.1 Å². The van der Waals surface area contributed by atoms with Gasteiger partial charge in [0.05, 0.1) is 6.34 Å². The van der Waals surface area contributed by atoms with Gasteiger partial charge in [0.2, 0.25) is 11.7 Å². The van der Waals surface area contributed by atoms with E-state index >= 15 is 0 Å². The highest BCUT2D eigenvalue weighted by molar-refractivity contribution is 5.92. The number of rotatable bonds is 14. The second kappa shape index (κ2) is 15.4. The molecule has 1 unspecified atom stereocenters. The first-order chi connectivity index (χ1) is 22.5. The van der Waals surface area contributed by atoms with Crippen molar-refractivity contribution >= 4 is 12.3 Å². The van der Waals surface area contributed by atoms with Gasteiger partial charge in [-0.05, 0) is 147 Å². The van der Waals surface area contributed by atoms with Crippen molar-refractivity contribution in [1.29, 1.82) is 0 Å². The number of aliphatic imine (C=N–C) groups is 2. The number of hydrogen-bond acceptors (Lipinski definition) is 9. The van der Waals surface area contributed by atoms with Crippen LogP contribution in [0.15, 0.2) is 9.98 Å². The molecule has 284 valence electrons. The average Bonchev–Trinajstić information content (AvgIpc) is 2.88. The van der Waals surface area contributed by atoms with Crippen molar-refractivity contribution in [2.24, 2.45) is 9.98 Å². The first-order valence-corrected chi connectivity index (χ1v) is 20.1. The number of hydrogen-bond donors (Lipinski definition) is 6. The van der Waals surface area contributed by atoms with Crippen LogP contribution in [0.25, 0.3) is 0 Å². The SMILES string of the molecule is CCCCC1(NC2CC(C)(C)NC(C)(C)C2)N=CNC(N(CCCCCCNC2CC(C)(C)NC(C)(C)C2)C2CC(C)(C)NC(C)(C)C2)=N1. The minimum absolute atomic E-state index is 0.0568. The average molecular weight is 686 g/mol. The maximum absolute atomic E-state index is 5.58. The van der Waals surface area contributed by atoms with E-state index in [0.717, 1.165) is 64.0 Å². The summed E-state index contributed by atoms with van der Waals surface area (Å²) >= 11 is 0. The van der Waals surface area contributed by atoms with Crippen molar-refractivity contribution < 1.29 is 0 Å².